The zero-order valence-electron chi connectivity index (χ0n) is 9.35. The zero-order chi connectivity index (χ0) is 10.1. The van der Waals surface area contributed by atoms with E-state index in [1.165, 1.54) is 5.70 Å². The average Bonchev–Trinajstić information content (AvgIpc) is 2.11. The maximum Gasteiger partial charge on any atom is 0.0389 e. The number of hydrogen-bond acceptors (Lipinski definition) is 2. The Labute approximate surface area is 82.1 Å². The molecule has 0 spiro atoms. The molecule has 0 fully saturated rings. The summed E-state index contributed by atoms with van der Waals surface area (Å²) < 4.78 is 0. The Morgan fingerprint density at radius 1 is 1.23 bits per heavy atom. The molecule has 0 bridgehead atoms. The predicted octanol–water partition coefficient (Wildman–Crippen LogP) is 2.76. The lowest BCUT2D eigenvalue weighted by Crippen LogP contribution is -2.12. The molecule has 0 aromatic heterocycles. The highest BCUT2D eigenvalue weighted by atomic mass is 14.9. The van der Waals surface area contributed by atoms with Gasteiger partial charge in [-0.2, -0.15) is 0 Å². The van der Waals surface area contributed by atoms with Crippen LogP contribution >= 0.6 is 0 Å². The van der Waals surface area contributed by atoms with Crippen LogP contribution in [0.25, 0.3) is 0 Å². The van der Waals surface area contributed by atoms with Crippen molar-refractivity contribution in [2.24, 2.45) is 4.99 Å². The Morgan fingerprint density at radius 3 is 2.46 bits per heavy atom. The molecule has 0 aromatic carbocycles. The molecular formula is C11H22N2. The van der Waals surface area contributed by atoms with Gasteiger partial charge in [-0.3, -0.25) is 4.99 Å². The van der Waals surface area contributed by atoms with Crippen LogP contribution in [0.4, 0.5) is 0 Å². The minimum atomic E-state index is 0.934. The summed E-state index contributed by atoms with van der Waals surface area (Å²) in [6.45, 7) is 10.4. The topological polar surface area (TPSA) is 24.4 Å². The second-order valence-electron chi connectivity index (χ2n) is 3.28. The third-order valence-electron chi connectivity index (χ3n) is 1.66. The molecule has 0 atom stereocenters. The van der Waals surface area contributed by atoms with Crippen molar-refractivity contribution in [2.75, 3.05) is 13.1 Å². The Morgan fingerprint density at radius 2 is 1.92 bits per heavy atom. The smallest absolute Gasteiger partial charge is 0.0389 e. The van der Waals surface area contributed by atoms with Crippen molar-refractivity contribution < 1.29 is 0 Å². The molecule has 1 N–H and O–H groups in total. The molecule has 0 rings (SSSR count). The summed E-state index contributed by atoms with van der Waals surface area (Å²) in [6, 6.07) is 0. The van der Waals surface area contributed by atoms with E-state index < -0.39 is 0 Å². The Bertz CT molecular complexity index is 181. The number of rotatable bonds is 6. The Hall–Kier alpha value is -0.790. The number of nitrogens with zero attached hydrogens (tertiary/aromatic N) is 1. The summed E-state index contributed by atoms with van der Waals surface area (Å²) in [5, 5.41) is 3.32. The van der Waals surface area contributed by atoms with Gasteiger partial charge in [0.1, 0.15) is 0 Å². The number of nitrogens with one attached hydrogen (secondary N) is 1. The van der Waals surface area contributed by atoms with Gasteiger partial charge in [0.15, 0.2) is 0 Å². The fraction of sp³-hybridized carbons (Fsp3) is 0.727. The molecular weight excluding hydrogens is 160 g/mol. The number of hydrogen-bond donors (Lipinski definition) is 1. The van der Waals surface area contributed by atoms with Crippen LogP contribution in [-0.2, 0) is 0 Å². The lowest BCUT2D eigenvalue weighted by atomic mass is 10.3. The third kappa shape index (κ3) is 7.57. The molecule has 0 aliphatic heterocycles. The van der Waals surface area contributed by atoms with Gasteiger partial charge in [-0.1, -0.05) is 13.8 Å². The van der Waals surface area contributed by atoms with Crippen molar-refractivity contribution in [1.82, 2.24) is 5.32 Å². The molecule has 0 saturated carbocycles. The van der Waals surface area contributed by atoms with E-state index in [4.69, 9.17) is 0 Å². The van der Waals surface area contributed by atoms with Crippen LogP contribution in [0.15, 0.2) is 16.8 Å². The summed E-state index contributed by atoms with van der Waals surface area (Å²) in [7, 11) is 0. The van der Waals surface area contributed by atoms with Crippen LogP contribution in [0.2, 0.25) is 0 Å². The standard InChI is InChI=1S/C11H22N2/c1-5-7-12-10(3)9-11(4)13-8-6-2/h9,12H,5-8H2,1-4H3/b10-9-,13-11+. The molecule has 2 nitrogen and oxygen atoms in total. The molecule has 0 heterocycles. The third-order valence-corrected chi connectivity index (χ3v) is 1.66. The summed E-state index contributed by atoms with van der Waals surface area (Å²) in [4.78, 5) is 4.39. The molecule has 0 unspecified atom stereocenters. The molecule has 76 valence electrons. The molecule has 0 amide bonds. The van der Waals surface area contributed by atoms with Crippen LogP contribution < -0.4 is 5.32 Å². The molecule has 0 saturated heterocycles. The predicted molar refractivity (Wildman–Crippen MR) is 60.3 cm³/mol. The first-order valence-corrected chi connectivity index (χ1v) is 5.13. The molecule has 0 radical (unpaired) electrons. The minimum Gasteiger partial charge on any atom is -0.389 e. The van der Waals surface area contributed by atoms with E-state index >= 15 is 0 Å². The monoisotopic (exact) mass is 182 g/mol. The van der Waals surface area contributed by atoms with Gasteiger partial charge in [0, 0.05) is 24.5 Å². The van der Waals surface area contributed by atoms with Crippen molar-refractivity contribution in [3.05, 3.63) is 11.8 Å². The van der Waals surface area contributed by atoms with Gasteiger partial charge >= 0.3 is 0 Å². The molecule has 13 heavy (non-hydrogen) atoms. The zero-order valence-corrected chi connectivity index (χ0v) is 9.35. The van der Waals surface area contributed by atoms with E-state index in [1.807, 2.05) is 6.92 Å². The molecule has 0 aliphatic rings. The van der Waals surface area contributed by atoms with E-state index in [1.54, 1.807) is 0 Å². The van der Waals surface area contributed by atoms with E-state index in [-0.39, 0.29) is 0 Å². The van der Waals surface area contributed by atoms with E-state index in [0.717, 1.165) is 31.6 Å². The van der Waals surface area contributed by atoms with Crippen LogP contribution in [0, 0.1) is 0 Å². The first-order chi connectivity index (χ1) is 6.20. The number of aliphatic imine (C=N–C) groups is 1. The first-order valence-electron chi connectivity index (χ1n) is 5.13. The van der Waals surface area contributed by atoms with Crippen molar-refractivity contribution in [1.29, 1.82) is 0 Å². The quantitative estimate of drug-likeness (QED) is 0.628. The van der Waals surface area contributed by atoms with Gasteiger partial charge in [-0.15, -0.1) is 0 Å². The van der Waals surface area contributed by atoms with Crippen molar-refractivity contribution in [3.63, 3.8) is 0 Å². The van der Waals surface area contributed by atoms with Crippen LogP contribution in [-0.4, -0.2) is 18.8 Å². The van der Waals surface area contributed by atoms with Gasteiger partial charge < -0.3 is 5.32 Å². The van der Waals surface area contributed by atoms with E-state index in [2.05, 4.69) is 37.2 Å². The summed E-state index contributed by atoms with van der Waals surface area (Å²) >= 11 is 0. The first kappa shape index (κ1) is 12.2. The maximum atomic E-state index is 4.39. The second-order valence-corrected chi connectivity index (χ2v) is 3.28. The largest absolute Gasteiger partial charge is 0.389 e. The SMILES string of the molecule is CCC/N=C(C)/C=C(/C)NCCC. The highest BCUT2D eigenvalue weighted by molar-refractivity contribution is 5.93. The Kier molecular flexibility index (Phi) is 7.36. The van der Waals surface area contributed by atoms with E-state index in [9.17, 15) is 0 Å². The summed E-state index contributed by atoms with van der Waals surface area (Å²) in [5.41, 5.74) is 2.32. The lowest BCUT2D eigenvalue weighted by molar-refractivity contribution is 0.770. The van der Waals surface area contributed by atoms with Gasteiger partial charge in [0.2, 0.25) is 0 Å². The molecule has 0 aliphatic carbocycles. The highest BCUT2D eigenvalue weighted by Crippen LogP contribution is 1.91. The van der Waals surface area contributed by atoms with E-state index in [0.29, 0.717) is 0 Å². The van der Waals surface area contributed by atoms with Crippen LogP contribution in [0.5, 0.6) is 0 Å². The maximum absolute atomic E-state index is 4.39. The van der Waals surface area contributed by atoms with Crippen LogP contribution in [0.3, 0.4) is 0 Å². The molecule has 0 aromatic rings. The minimum absolute atomic E-state index is 0.934. The normalized spacial score (nSPS) is 13.2. The fourth-order valence-corrected chi connectivity index (χ4v) is 1.02. The van der Waals surface area contributed by atoms with Gasteiger partial charge in [0.05, 0.1) is 0 Å². The molecule has 2 heteroatoms. The Balaban J connectivity index is 3.89. The summed E-state index contributed by atoms with van der Waals surface area (Å²) in [5.74, 6) is 0. The second kappa shape index (κ2) is 7.84. The van der Waals surface area contributed by atoms with Crippen LogP contribution in [0.1, 0.15) is 40.5 Å². The average molecular weight is 182 g/mol. The van der Waals surface area contributed by atoms with Gasteiger partial charge in [0.25, 0.3) is 0 Å². The van der Waals surface area contributed by atoms with Crippen molar-refractivity contribution >= 4 is 5.71 Å². The van der Waals surface area contributed by atoms with Crippen molar-refractivity contribution in [3.8, 4) is 0 Å². The highest BCUT2D eigenvalue weighted by Gasteiger charge is 1.88. The summed E-state index contributed by atoms with van der Waals surface area (Å²) in [6.07, 6.45) is 4.38. The number of allylic oxidation sites excluding steroid dienone is 2. The lowest BCUT2D eigenvalue weighted by Gasteiger charge is -2.03. The fourth-order valence-electron chi connectivity index (χ4n) is 1.02. The van der Waals surface area contributed by atoms with Gasteiger partial charge in [-0.25, -0.2) is 0 Å². The van der Waals surface area contributed by atoms with Gasteiger partial charge in [-0.05, 0) is 32.8 Å². The van der Waals surface area contributed by atoms with Crippen molar-refractivity contribution in [2.45, 2.75) is 40.5 Å².